The third kappa shape index (κ3) is 4.11. The third-order valence-corrected chi connectivity index (χ3v) is 4.68. The van der Waals surface area contributed by atoms with Gasteiger partial charge in [0.1, 0.15) is 29.0 Å². The molecule has 3 rings (SSSR count). The van der Waals surface area contributed by atoms with Gasteiger partial charge in [-0.3, -0.25) is 0 Å². The van der Waals surface area contributed by atoms with Gasteiger partial charge in [-0.05, 0) is 14.0 Å². The van der Waals surface area contributed by atoms with Gasteiger partial charge in [-0.2, -0.15) is 0 Å². The molecule has 0 amide bonds. The SMILES string of the molecule is COc1cc(Nc2cc(N3CCN(C)CC3)nc(C)n2)c(OC)cc1Cl. The number of piperazine rings is 1. The number of aryl methyl sites for hydroxylation is 1. The van der Waals surface area contributed by atoms with Gasteiger partial charge in [0.2, 0.25) is 0 Å². The summed E-state index contributed by atoms with van der Waals surface area (Å²) in [7, 11) is 5.32. The summed E-state index contributed by atoms with van der Waals surface area (Å²) in [6.45, 7) is 5.83. The second-order valence-electron chi connectivity index (χ2n) is 6.26. The van der Waals surface area contributed by atoms with Crippen LogP contribution in [0.4, 0.5) is 17.3 Å². The first kappa shape index (κ1) is 18.5. The van der Waals surface area contributed by atoms with E-state index in [1.54, 1.807) is 26.4 Å². The van der Waals surface area contributed by atoms with Crippen LogP contribution >= 0.6 is 11.6 Å². The lowest BCUT2D eigenvalue weighted by molar-refractivity contribution is 0.312. The summed E-state index contributed by atoms with van der Waals surface area (Å²) in [6.07, 6.45) is 0. The molecule has 2 aromatic rings. The van der Waals surface area contributed by atoms with Gasteiger partial charge in [-0.15, -0.1) is 0 Å². The van der Waals surface area contributed by atoms with E-state index < -0.39 is 0 Å². The molecule has 8 heteroatoms. The lowest BCUT2D eigenvalue weighted by atomic mass is 10.2. The second-order valence-corrected chi connectivity index (χ2v) is 6.67. The van der Waals surface area contributed by atoms with Crippen LogP contribution in [0.1, 0.15) is 5.82 Å². The average Bonchev–Trinajstić information content (AvgIpc) is 2.63. The molecule has 0 bridgehead atoms. The van der Waals surface area contributed by atoms with Crippen molar-refractivity contribution in [3.05, 3.63) is 29.0 Å². The molecule has 0 radical (unpaired) electrons. The molecule has 0 aliphatic carbocycles. The Morgan fingerprint density at radius 1 is 1.00 bits per heavy atom. The zero-order valence-electron chi connectivity index (χ0n) is 15.5. The Labute approximate surface area is 158 Å². The smallest absolute Gasteiger partial charge is 0.144 e. The molecule has 1 aromatic heterocycles. The van der Waals surface area contributed by atoms with Crippen LogP contribution in [0.2, 0.25) is 5.02 Å². The number of methoxy groups -OCH3 is 2. The summed E-state index contributed by atoms with van der Waals surface area (Å²) in [6, 6.07) is 5.48. The quantitative estimate of drug-likeness (QED) is 0.859. The number of halogens is 1. The molecule has 2 heterocycles. The van der Waals surface area contributed by atoms with Crippen LogP contribution in [0, 0.1) is 6.92 Å². The largest absolute Gasteiger partial charge is 0.495 e. The van der Waals surface area contributed by atoms with Crippen LogP contribution in [-0.4, -0.2) is 62.3 Å². The first-order valence-corrected chi connectivity index (χ1v) is 8.85. The fourth-order valence-electron chi connectivity index (χ4n) is 2.91. The van der Waals surface area contributed by atoms with Gasteiger partial charge in [0.05, 0.1) is 24.9 Å². The molecule has 1 aliphatic rings. The predicted octanol–water partition coefficient (Wildman–Crippen LogP) is 2.95. The number of benzene rings is 1. The number of anilines is 3. The first-order valence-electron chi connectivity index (χ1n) is 8.48. The molecule has 140 valence electrons. The number of hydrogen-bond acceptors (Lipinski definition) is 7. The van der Waals surface area contributed by atoms with Gasteiger partial charge in [-0.25, -0.2) is 9.97 Å². The van der Waals surface area contributed by atoms with E-state index in [1.165, 1.54) is 0 Å². The molecule has 1 fully saturated rings. The fourth-order valence-corrected chi connectivity index (χ4v) is 3.14. The highest BCUT2D eigenvalue weighted by Gasteiger charge is 2.17. The van der Waals surface area contributed by atoms with Crippen LogP contribution in [0.25, 0.3) is 0 Å². The summed E-state index contributed by atoms with van der Waals surface area (Å²) in [5.74, 6) is 3.53. The van der Waals surface area contributed by atoms with E-state index in [-0.39, 0.29) is 0 Å². The highest BCUT2D eigenvalue weighted by atomic mass is 35.5. The topological polar surface area (TPSA) is 62.8 Å². The number of hydrogen-bond donors (Lipinski definition) is 1. The fraction of sp³-hybridized carbons (Fsp3) is 0.444. The summed E-state index contributed by atoms with van der Waals surface area (Å²) in [4.78, 5) is 13.7. The van der Waals surface area contributed by atoms with Gasteiger partial charge in [0.25, 0.3) is 0 Å². The monoisotopic (exact) mass is 377 g/mol. The van der Waals surface area contributed by atoms with Gasteiger partial charge in [-0.1, -0.05) is 11.6 Å². The normalized spacial score (nSPS) is 15.0. The summed E-state index contributed by atoms with van der Waals surface area (Å²) in [5, 5.41) is 3.80. The van der Waals surface area contributed by atoms with Crippen molar-refractivity contribution in [3.63, 3.8) is 0 Å². The maximum Gasteiger partial charge on any atom is 0.144 e. The van der Waals surface area contributed by atoms with Crippen LogP contribution in [0.3, 0.4) is 0 Å². The molecular formula is C18H24ClN5O2. The first-order chi connectivity index (χ1) is 12.5. The van der Waals surface area contributed by atoms with Crippen molar-refractivity contribution < 1.29 is 9.47 Å². The zero-order chi connectivity index (χ0) is 18.7. The Hall–Kier alpha value is -2.25. The third-order valence-electron chi connectivity index (χ3n) is 4.39. The van der Waals surface area contributed by atoms with Crippen molar-refractivity contribution in [2.24, 2.45) is 0 Å². The Morgan fingerprint density at radius 2 is 1.69 bits per heavy atom. The maximum atomic E-state index is 6.18. The highest BCUT2D eigenvalue weighted by molar-refractivity contribution is 6.32. The van der Waals surface area contributed by atoms with Gasteiger partial charge < -0.3 is 24.6 Å². The maximum absolute atomic E-state index is 6.18. The minimum absolute atomic E-state index is 0.492. The summed E-state index contributed by atoms with van der Waals surface area (Å²) >= 11 is 6.18. The Bertz CT molecular complexity index is 778. The Balaban J connectivity index is 1.88. The number of rotatable bonds is 5. The summed E-state index contributed by atoms with van der Waals surface area (Å²) in [5.41, 5.74) is 0.733. The molecule has 1 aliphatic heterocycles. The van der Waals surface area contributed by atoms with E-state index in [1.807, 2.05) is 13.0 Å². The van der Waals surface area contributed by atoms with Crippen LogP contribution in [-0.2, 0) is 0 Å². The molecule has 0 saturated carbocycles. The lowest BCUT2D eigenvalue weighted by Crippen LogP contribution is -2.44. The number of nitrogens with zero attached hydrogens (tertiary/aromatic N) is 4. The molecule has 0 spiro atoms. The van der Waals surface area contributed by atoms with E-state index in [0.717, 1.165) is 37.7 Å². The lowest BCUT2D eigenvalue weighted by Gasteiger charge is -2.33. The van der Waals surface area contributed by atoms with Crippen molar-refractivity contribution in [1.82, 2.24) is 14.9 Å². The molecule has 7 nitrogen and oxygen atoms in total. The van der Waals surface area contributed by atoms with Crippen molar-refractivity contribution in [2.75, 3.05) is 57.7 Å². The van der Waals surface area contributed by atoms with Gasteiger partial charge in [0, 0.05) is 44.4 Å². The van der Waals surface area contributed by atoms with E-state index in [0.29, 0.717) is 28.2 Å². The highest BCUT2D eigenvalue weighted by Crippen LogP contribution is 2.37. The molecule has 1 aromatic carbocycles. The standard InChI is InChI=1S/C18H24ClN5O2/c1-12-20-17(11-18(21-12)24-7-5-23(2)6-8-24)22-14-10-15(25-3)13(19)9-16(14)26-4/h9-11H,5-8H2,1-4H3,(H,20,21,22). The van der Waals surface area contributed by atoms with Crippen LogP contribution in [0.15, 0.2) is 18.2 Å². The van der Waals surface area contributed by atoms with Crippen molar-refractivity contribution in [1.29, 1.82) is 0 Å². The minimum atomic E-state index is 0.492. The van der Waals surface area contributed by atoms with Crippen molar-refractivity contribution in [2.45, 2.75) is 6.92 Å². The average molecular weight is 378 g/mol. The van der Waals surface area contributed by atoms with E-state index in [4.69, 9.17) is 21.1 Å². The minimum Gasteiger partial charge on any atom is -0.495 e. The number of ether oxygens (including phenoxy) is 2. The molecule has 0 atom stereocenters. The molecule has 0 unspecified atom stereocenters. The van der Waals surface area contributed by atoms with Crippen LogP contribution < -0.4 is 19.7 Å². The Morgan fingerprint density at radius 3 is 2.35 bits per heavy atom. The number of nitrogens with one attached hydrogen (secondary N) is 1. The van der Waals surface area contributed by atoms with E-state index >= 15 is 0 Å². The number of likely N-dealkylation sites (N-methyl/N-ethyl adjacent to an activating group) is 1. The van der Waals surface area contributed by atoms with Crippen LogP contribution in [0.5, 0.6) is 11.5 Å². The molecular weight excluding hydrogens is 354 g/mol. The van der Waals surface area contributed by atoms with E-state index in [2.05, 4.69) is 32.1 Å². The van der Waals surface area contributed by atoms with Gasteiger partial charge >= 0.3 is 0 Å². The molecule has 1 N–H and O–H groups in total. The number of aromatic nitrogens is 2. The summed E-state index contributed by atoms with van der Waals surface area (Å²) < 4.78 is 10.7. The Kier molecular flexibility index (Phi) is 5.68. The van der Waals surface area contributed by atoms with Crippen molar-refractivity contribution in [3.8, 4) is 11.5 Å². The predicted molar refractivity (Wildman–Crippen MR) is 104 cm³/mol. The van der Waals surface area contributed by atoms with E-state index in [9.17, 15) is 0 Å². The van der Waals surface area contributed by atoms with Gasteiger partial charge in [0.15, 0.2) is 0 Å². The zero-order valence-corrected chi connectivity index (χ0v) is 16.3. The molecule has 26 heavy (non-hydrogen) atoms. The van der Waals surface area contributed by atoms with Crippen molar-refractivity contribution >= 4 is 28.9 Å². The molecule has 1 saturated heterocycles. The second kappa shape index (κ2) is 7.97.